The Labute approximate surface area is 467 Å². The monoisotopic (exact) mass is 1100 g/mol. The zero-order valence-corrected chi connectivity index (χ0v) is 45.9. The van der Waals surface area contributed by atoms with E-state index in [9.17, 15) is 23.2 Å². The molecule has 0 saturated heterocycles. The maximum absolute atomic E-state index is 13.2. The molecule has 6 aromatic heterocycles. The minimum atomic E-state index is -0.287. The van der Waals surface area contributed by atoms with Gasteiger partial charge in [-0.1, -0.05) is 60.7 Å². The average Bonchev–Trinajstić information content (AvgIpc) is 4.38. The van der Waals surface area contributed by atoms with Crippen molar-refractivity contribution in [1.29, 1.82) is 0 Å². The average molecular weight is 1100 g/mol. The quantitative estimate of drug-likeness (QED) is 0.110. The summed E-state index contributed by atoms with van der Waals surface area (Å²) in [6, 6.07) is 37.4. The lowest BCUT2D eigenvalue weighted by Crippen LogP contribution is -2.38. The van der Waals surface area contributed by atoms with E-state index in [4.69, 9.17) is 14.2 Å². The van der Waals surface area contributed by atoms with Crippen LogP contribution < -0.4 is 19.1 Å². The zero-order valence-electron chi connectivity index (χ0n) is 45.9. The number of benzene rings is 3. The molecule has 3 aliphatic rings. The number of pyridine rings is 1. The Morgan fingerprint density at radius 1 is 0.519 bits per heavy atom. The fourth-order valence-electron chi connectivity index (χ4n) is 9.49. The van der Waals surface area contributed by atoms with Crippen molar-refractivity contribution < 1.29 is 37.4 Å². The van der Waals surface area contributed by atoms with Gasteiger partial charge in [-0.2, -0.15) is 0 Å². The Morgan fingerprint density at radius 2 is 0.988 bits per heavy atom. The first-order valence-electron chi connectivity index (χ1n) is 26.6. The van der Waals surface area contributed by atoms with E-state index in [0.717, 1.165) is 45.3 Å². The number of aromatic nitrogens is 9. The van der Waals surface area contributed by atoms with Crippen LogP contribution in [0.1, 0.15) is 70.7 Å². The number of ether oxygens (including phenoxy) is 3. The Kier molecular flexibility index (Phi) is 16.7. The van der Waals surface area contributed by atoms with Gasteiger partial charge in [0, 0.05) is 90.3 Å². The molecule has 12 rings (SSSR count). The van der Waals surface area contributed by atoms with Crippen molar-refractivity contribution in [2.45, 2.75) is 66.0 Å². The third-order valence-corrected chi connectivity index (χ3v) is 14.0. The molecule has 3 aliphatic heterocycles. The highest BCUT2D eigenvalue weighted by atomic mass is 19.1. The van der Waals surface area contributed by atoms with Crippen molar-refractivity contribution in [3.05, 3.63) is 214 Å². The van der Waals surface area contributed by atoms with E-state index in [1.165, 1.54) is 24.3 Å². The first-order chi connectivity index (χ1) is 39.2. The van der Waals surface area contributed by atoms with Crippen LogP contribution in [0.15, 0.2) is 146 Å². The number of rotatable bonds is 13. The highest BCUT2D eigenvalue weighted by Gasteiger charge is 2.28. The maximum Gasteiger partial charge on any atom is 0.272 e. The number of aryl methyl sites for hydroxylation is 3. The van der Waals surface area contributed by atoms with Crippen LogP contribution in [-0.4, -0.2) is 110 Å². The molecule has 19 nitrogen and oxygen atoms in total. The summed E-state index contributed by atoms with van der Waals surface area (Å²) in [5, 5.41) is 13.4. The number of amides is 3. The van der Waals surface area contributed by atoms with Gasteiger partial charge in [0.25, 0.3) is 17.7 Å². The van der Waals surface area contributed by atoms with Gasteiger partial charge in [-0.25, -0.2) is 13.8 Å². The van der Waals surface area contributed by atoms with Gasteiger partial charge in [-0.05, 0) is 72.1 Å². The second-order valence-corrected chi connectivity index (χ2v) is 20.2. The molecule has 0 atom stereocenters. The number of nitrogens with zero attached hydrogens (tertiary/aromatic N) is 13. The topological polar surface area (TPSA) is 168 Å². The predicted molar refractivity (Wildman–Crippen MR) is 297 cm³/mol. The molecular weight excluding hydrogens is 1040 g/mol. The number of anilines is 1. The summed E-state index contributed by atoms with van der Waals surface area (Å²) in [6.45, 7) is 8.11. The Balaban J connectivity index is 0.000000136. The first kappa shape index (κ1) is 54.8. The largest absolute Gasteiger partial charge is 0.472 e. The van der Waals surface area contributed by atoms with Crippen LogP contribution in [-0.2, 0) is 73.2 Å². The molecule has 0 spiro atoms. The molecule has 0 bridgehead atoms. The van der Waals surface area contributed by atoms with Gasteiger partial charge in [-0.15, -0.1) is 15.3 Å². The third-order valence-electron chi connectivity index (χ3n) is 14.0. The highest BCUT2D eigenvalue weighted by molar-refractivity contribution is 5.95. The molecule has 9 heterocycles. The van der Waals surface area contributed by atoms with Crippen LogP contribution in [0.3, 0.4) is 0 Å². The molecule has 0 aliphatic carbocycles. The molecule has 3 aromatic carbocycles. The summed E-state index contributed by atoms with van der Waals surface area (Å²) in [5.74, 6) is 1.72. The normalized spacial score (nSPS) is 13.4. The van der Waals surface area contributed by atoms with Gasteiger partial charge in [0.1, 0.15) is 43.0 Å². The van der Waals surface area contributed by atoms with Crippen molar-refractivity contribution in [1.82, 2.24) is 58.2 Å². The van der Waals surface area contributed by atoms with Gasteiger partial charge in [-0.3, -0.25) is 28.4 Å². The van der Waals surface area contributed by atoms with E-state index in [2.05, 4.69) is 20.3 Å². The lowest BCUT2D eigenvalue weighted by molar-refractivity contribution is 0.0694. The highest BCUT2D eigenvalue weighted by Crippen LogP contribution is 2.25. The van der Waals surface area contributed by atoms with Crippen molar-refractivity contribution >= 4 is 23.5 Å². The summed E-state index contributed by atoms with van der Waals surface area (Å²) in [7, 11) is 7.64. The number of hydrogen-bond donors (Lipinski definition) is 0. The molecule has 0 unspecified atom stereocenters. The molecule has 81 heavy (non-hydrogen) atoms. The molecule has 418 valence electrons. The molecule has 21 heteroatoms. The van der Waals surface area contributed by atoms with Gasteiger partial charge < -0.3 is 42.9 Å². The molecule has 0 fully saturated rings. The predicted octanol–water partition coefficient (Wildman–Crippen LogP) is 8.08. The molecule has 3 amide bonds. The number of carbonyl (C=O) groups excluding carboxylic acids is 3. The summed E-state index contributed by atoms with van der Waals surface area (Å²) in [4.78, 5) is 50.0. The maximum atomic E-state index is 13.2. The van der Waals surface area contributed by atoms with Gasteiger partial charge in [0.2, 0.25) is 17.6 Å². The zero-order chi connectivity index (χ0) is 56.6. The number of halogens is 2. The summed E-state index contributed by atoms with van der Waals surface area (Å²) < 4.78 is 53.1. The molecule has 0 N–H and O–H groups in total. The van der Waals surface area contributed by atoms with Crippen molar-refractivity contribution in [2.24, 2.45) is 14.1 Å². The summed E-state index contributed by atoms with van der Waals surface area (Å²) in [5.41, 5.74) is 8.30. The minimum absolute atomic E-state index is 0.0141. The lowest BCUT2D eigenvalue weighted by Gasteiger charge is -2.27. The van der Waals surface area contributed by atoms with Crippen LogP contribution in [0.25, 0.3) is 0 Å². The second kappa shape index (κ2) is 24.6. The fraction of sp³-hybridized carbons (Fsp3) is 0.283. The Hall–Kier alpha value is -9.53. The number of fused-ring (bicyclic) bond motifs is 3. The van der Waals surface area contributed by atoms with Crippen molar-refractivity contribution in [2.75, 3.05) is 38.6 Å². The number of carbonyl (C=O) groups is 3. The molecule has 9 aromatic rings. The fourth-order valence-corrected chi connectivity index (χ4v) is 9.49. The van der Waals surface area contributed by atoms with Gasteiger partial charge in [0.15, 0.2) is 0 Å². The van der Waals surface area contributed by atoms with E-state index >= 15 is 0 Å². The molecular formula is C60H63F2N13O6. The Morgan fingerprint density at radius 3 is 1.44 bits per heavy atom. The minimum Gasteiger partial charge on any atom is -0.472 e. The number of hydrogen-bond acceptors (Lipinski definition) is 11. The first-order valence-corrected chi connectivity index (χ1v) is 26.6. The second-order valence-electron chi connectivity index (χ2n) is 20.2. The van der Waals surface area contributed by atoms with Crippen molar-refractivity contribution in [3.63, 3.8) is 0 Å². The lowest BCUT2D eigenvalue weighted by atomic mass is 10.2. The Bertz CT molecular complexity index is 3640. The van der Waals surface area contributed by atoms with Crippen LogP contribution in [0.2, 0.25) is 0 Å². The van der Waals surface area contributed by atoms with Crippen LogP contribution in [0.4, 0.5) is 14.6 Å². The molecule has 0 radical (unpaired) electrons. The van der Waals surface area contributed by atoms with E-state index in [0.29, 0.717) is 100.0 Å². The van der Waals surface area contributed by atoms with Crippen molar-refractivity contribution in [3.8, 4) is 17.6 Å². The standard InChI is InChI=1S/C21H23N5O2.C20H21FN4O2.C19H19FN4O2/c1-24(2)19-10-6-9-18(22-19)21(27)25-11-12-26-17(14-25)13-20(23-26)28-15-16-7-4-3-5-8-16;1-14-8-16(11-23(14)2)20(26)24-6-7-25-18(12-24)10-19(22-25)27-13-15-4-3-5-17(21)9-15;1-22-6-5-15(11-22)19(25)23-7-8-24-17(12-23)10-18(21-24)26-13-14-3-2-4-16(20)9-14/h3-10,13H,11-12,14-15H2,1-2H3;3-5,8-11H,6-7,12-13H2,1-2H3;2-6,9-11H,7-8,12-13H2,1H3. The van der Waals surface area contributed by atoms with E-state index in [-0.39, 0.29) is 42.6 Å². The SMILES string of the molecule is CN(C)c1cccc(C(=O)N2CCn3nc(OCc4ccccc4)cc3C2)n1.Cc1cc(C(=O)N2CCn3nc(OCc4cccc(F)c4)cc3C2)cn1C.Cn1ccc(C(=O)N2CCn3nc(OCc4cccc(F)c4)cc3C2)c1. The van der Waals surface area contributed by atoms with E-state index in [1.807, 2.05) is 164 Å². The van der Waals surface area contributed by atoms with Crippen LogP contribution >= 0.6 is 0 Å². The van der Waals surface area contributed by atoms with Gasteiger partial charge in [0.05, 0.1) is 67.5 Å². The van der Waals surface area contributed by atoms with Crippen LogP contribution in [0, 0.1) is 18.6 Å². The summed E-state index contributed by atoms with van der Waals surface area (Å²) in [6.07, 6.45) is 5.54. The summed E-state index contributed by atoms with van der Waals surface area (Å²) >= 11 is 0. The van der Waals surface area contributed by atoms with Gasteiger partial charge >= 0.3 is 0 Å². The van der Waals surface area contributed by atoms with E-state index in [1.54, 1.807) is 35.2 Å². The third kappa shape index (κ3) is 13.7. The van der Waals surface area contributed by atoms with Crippen LogP contribution in [0.5, 0.6) is 17.6 Å². The molecule has 0 saturated carbocycles. The van der Waals surface area contributed by atoms with E-state index < -0.39 is 0 Å². The smallest absolute Gasteiger partial charge is 0.272 e.